The number of halogens is 4. The number of nitrogens with two attached hydrogens (primary N) is 1. The topological polar surface area (TPSA) is 52.3 Å². The van der Waals surface area contributed by atoms with Crippen LogP contribution in [0, 0.1) is 0 Å². The Kier molecular flexibility index (Phi) is 3.79. The van der Waals surface area contributed by atoms with E-state index >= 15 is 0 Å². The van der Waals surface area contributed by atoms with Crippen LogP contribution in [-0.2, 0) is 11.2 Å². The van der Waals surface area contributed by atoms with Gasteiger partial charge < -0.3 is 10.5 Å². The average molecular weight is 298 g/mol. The average Bonchev–Trinajstić information content (AvgIpc) is 2.06. The van der Waals surface area contributed by atoms with Gasteiger partial charge in [-0.3, -0.25) is 4.79 Å². The third-order valence-corrected chi connectivity index (χ3v) is 2.36. The summed E-state index contributed by atoms with van der Waals surface area (Å²) in [6, 6.07) is 3.60. The first-order valence-electron chi connectivity index (χ1n) is 4.10. The molecule has 1 amide bonds. The second-order valence-corrected chi connectivity index (χ2v) is 3.80. The zero-order valence-corrected chi connectivity index (χ0v) is 9.43. The van der Waals surface area contributed by atoms with Crippen LogP contribution in [-0.4, -0.2) is 12.3 Å². The lowest BCUT2D eigenvalue weighted by Gasteiger charge is -2.10. The van der Waals surface area contributed by atoms with Crippen LogP contribution in [0.3, 0.4) is 0 Å². The van der Waals surface area contributed by atoms with Gasteiger partial charge in [0, 0.05) is 4.47 Å². The minimum atomic E-state index is -4.73. The van der Waals surface area contributed by atoms with Gasteiger partial charge in [-0.1, -0.05) is 22.0 Å². The minimum Gasteiger partial charge on any atom is -0.406 e. The molecule has 0 radical (unpaired) electrons. The van der Waals surface area contributed by atoms with Crippen LogP contribution in [0.5, 0.6) is 5.75 Å². The lowest BCUT2D eigenvalue weighted by Crippen LogP contribution is -2.17. The van der Waals surface area contributed by atoms with Crippen LogP contribution >= 0.6 is 15.9 Å². The number of hydrogen-bond acceptors (Lipinski definition) is 2. The molecule has 1 aromatic carbocycles. The summed E-state index contributed by atoms with van der Waals surface area (Å²) in [7, 11) is 0. The Bertz CT molecular complexity index is 406. The highest BCUT2D eigenvalue weighted by Crippen LogP contribution is 2.27. The van der Waals surface area contributed by atoms with Crippen LogP contribution in [0.4, 0.5) is 13.2 Å². The van der Waals surface area contributed by atoms with Gasteiger partial charge in [-0.2, -0.15) is 0 Å². The molecule has 3 nitrogen and oxygen atoms in total. The fourth-order valence-electron chi connectivity index (χ4n) is 1.06. The summed E-state index contributed by atoms with van der Waals surface area (Å²) in [6.07, 6.45) is -4.78. The van der Waals surface area contributed by atoms with E-state index in [0.29, 0.717) is 10.0 Å². The van der Waals surface area contributed by atoms with Crippen molar-refractivity contribution in [2.24, 2.45) is 5.73 Å². The van der Waals surface area contributed by atoms with Crippen molar-refractivity contribution in [1.82, 2.24) is 0 Å². The van der Waals surface area contributed by atoms with E-state index in [2.05, 4.69) is 20.7 Å². The Labute approximate surface area is 97.5 Å². The predicted molar refractivity (Wildman–Crippen MR) is 53.7 cm³/mol. The maximum Gasteiger partial charge on any atom is 0.573 e. The van der Waals surface area contributed by atoms with Gasteiger partial charge in [0.2, 0.25) is 5.91 Å². The largest absolute Gasteiger partial charge is 0.573 e. The van der Waals surface area contributed by atoms with Crippen molar-refractivity contribution in [3.05, 3.63) is 28.2 Å². The number of carbonyl (C=O) groups is 1. The number of carbonyl (C=O) groups excluding carboxylic acids is 1. The number of rotatable bonds is 3. The Morgan fingerprint density at radius 3 is 2.50 bits per heavy atom. The van der Waals surface area contributed by atoms with Crippen molar-refractivity contribution >= 4 is 21.8 Å². The zero-order chi connectivity index (χ0) is 12.3. The molecule has 1 rings (SSSR count). The van der Waals surface area contributed by atoms with E-state index in [4.69, 9.17) is 5.73 Å². The van der Waals surface area contributed by atoms with E-state index < -0.39 is 12.3 Å². The van der Waals surface area contributed by atoms with E-state index in [0.717, 1.165) is 12.1 Å². The Morgan fingerprint density at radius 2 is 2.06 bits per heavy atom. The molecule has 88 valence electrons. The zero-order valence-electron chi connectivity index (χ0n) is 7.84. The van der Waals surface area contributed by atoms with Crippen LogP contribution in [0.25, 0.3) is 0 Å². The summed E-state index contributed by atoms with van der Waals surface area (Å²) in [4.78, 5) is 10.6. The molecular weight excluding hydrogens is 291 g/mol. The molecule has 0 aliphatic carbocycles. The van der Waals surface area contributed by atoms with E-state index in [1.165, 1.54) is 6.07 Å². The quantitative estimate of drug-likeness (QED) is 0.931. The lowest BCUT2D eigenvalue weighted by atomic mass is 10.1. The van der Waals surface area contributed by atoms with Gasteiger partial charge in [0.05, 0.1) is 6.42 Å². The molecule has 0 unspecified atom stereocenters. The molecule has 1 aromatic rings. The number of hydrogen-bond donors (Lipinski definition) is 1. The van der Waals surface area contributed by atoms with Crippen LogP contribution in [0.15, 0.2) is 22.7 Å². The van der Waals surface area contributed by atoms with Gasteiger partial charge in [0.15, 0.2) is 0 Å². The first kappa shape index (κ1) is 12.8. The monoisotopic (exact) mass is 297 g/mol. The summed E-state index contributed by atoms with van der Waals surface area (Å²) >= 11 is 3.03. The Balaban J connectivity index is 2.87. The summed E-state index contributed by atoms with van der Waals surface area (Å²) in [5.74, 6) is -0.919. The predicted octanol–water partition coefficient (Wildman–Crippen LogP) is 2.38. The number of benzene rings is 1. The third kappa shape index (κ3) is 4.09. The standard InChI is InChI=1S/C9H7BrF3NO2/c10-7-4-6(16-9(11,12)13)2-1-5(7)3-8(14)15/h1-2,4H,3H2,(H2,14,15). The molecule has 0 saturated carbocycles. The summed E-state index contributed by atoms with van der Waals surface area (Å²) in [5, 5.41) is 0. The second kappa shape index (κ2) is 4.73. The summed E-state index contributed by atoms with van der Waals surface area (Å²) < 4.78 is 39.7. The first-order chi connectivity index (χ1) is 7.28. The first-order valence-corrected chi connectivity index (χ1v) is 4.90. The second-order valence-electron chi connectivity index (χ2n) is 2.94. The summed E-state index contributed by atoms with van der Waals surface area (Å²) in [5.41, 5.74) is 5.46. The van der Waals surface area contributed by atoms with Crippen LogP contribution in [0.1, 0.15) is 5.56 Å². The van der Waals surface area contributed by atoms with E-state index in [1.807, 2.05) is 0 Å². The summed E-state index contributed by atoms with van der Waals surface area (Å²) in [6.45, 7) is 0. The van der Waals surface area contributed by atoms with Gasteiger partial charge >= 0.3 is 6.36 Å². The molecule has 0 fully saturated rings. The van der Waals surface area contributed by atoms with Gasteiger partial charge in [0.1, 0.15) is 5.75 Å². The van der Waals surface area contributed by atoms with Crippen molar-refractivity contribution in [1.29, 1.82) is 0 Å². The Morgan fingerprint density at radius 1 is 1.44 bits per heavy atom. The molecule has 0 aromatic heterocycles. The Hall–Kier alpha value is -1.24. The fraction of sp³-hybridized carbons (Fsp3) is 0.222. The molecule has 0 aliphatic heterocycles. The molecule has 7 heteroatoms. The SMILES string of the molecule is NC(=O)Cc1ccc(OC(F)(F)F)cc1Br. The normalized spacial score (nSPS) is 11.2. The maximum absolute atomic E-state index is 11.9. The van der Waals surface area contributed by atoms with Crippen molar-refractivity contribution in [3.8, 4) is 5.75 Å². The van der Waals surface area contributed by atoms with Crippen molar-refractivity contribution < 1.29 is 22.7 Å². The molecule has 0 atom stereocenters. The van der Waals surface area contributed by atoms with Gasteiger partial charge in [-0.25, -0.2) is 0 Å². The molecule has 0 aliphatic rings. The fourth-order valence-corrected chi connectivity index (χ4v) is 1.55. The van der Waals surface area contributed by atoms with Gasteiger partial charge in [-0.05, 0) is 17.7 Å². The molecule has 0 spiro atoms. The number of primary amides is 1. The third-order valence-electron chi connectivity index (χ3n) is 1.62. The van der Waals surface area contributed by atoms with Gasteiger partial charge in [-0.15, -0.1) is 13.2 Å². The van der Waals surface area contributed by atoms with Gasteiger partial charge in [0.25, 0.3) is 0 Å². The smallest absolute Gasteiger partial charge is 0.406 e. The molecule has 0 bridgehead atoms. The highest BCUT2D eigenvalue weighted by molar-refractivity contribution is 9.10. The van der Waals surface area contributed by atoms with E-state index in [9.17, 15) is 18.0 Å². The van der Waals surface area contributed by atoms with Crippen molar-refractivity contribution in [2.45, 2.75) is 12.8 Å². The van der Waals surface area contributed by atoms with E-state index in [1.54, 1.807) is 0 Å². The number of alkyl halides is 3. The number of ether oxygens (including phenoxy) is 1. The molecule has 16 heavy (non-hydrogen) atoms. The van der Waals surface area contributed by atoms with E-state index in [-0.39, 0.29) is 12.2 Å². The maximum atomic E-state index is 11.9. The minimum absolute atomic E-state index is 0.0487. The van der Waals surface area contributed by atoms with Crippen molar-refractivity contribution in [3.63, 3.8) is 0 Å². The molecule has 0 saturated heterocycles. The highest BCUT2D eigenvalue weighted by atomic mass is 79.9. The lowest BCUT2D eigenvalue weighted by molar-refractivity contribution is -0.274. The molecule has 2 N–H and O–H groups in total. The van der Waals surface area contributed by atoms with Crippen molar-refractivity contribution in [2.75, 3.05) is 0 Å². The van der Waals surface area contributed by atoms with Crippen LogP contribution < -0.4 is 10.5 Å². The van der Waals surface area contributed by atoms with Crippen LogP contribution in [0.2, 0.25) is 0 Å². The molecule has 0 heterocycles. The highest BCUT2D eigenvalue weighted by Gasteiger charge is 2.31. The molecular formula is C9H7BrF3NO2. The number of amides is 1.